The minimum Gasteiger partial charge on any atom is -0.493 e. The van der Waals surface area contributed by atoms with Crippen molar-refractivity contribution in [3.05, 3.63) is 58.2 Å². The molecule has 2 aromatic carbocycles. The highest BCUT2D eigenvalue weighted by atomic mass is 35.5. The Bertz CT molecular complexity index is 1070. The molecule has 0 bridgehead atoms. The van der Waals surface area contributed by atoms with E-state index in [1.54, 1.807) is 30.3 Å². The average Bonchev–Trinajstić information content (AvgIpc) is 2.97. The van der Waals surface area contributed by atoms with Crippen LogP contribution in [0.3, 0.4) is 0 Å². The number of anilines is 1. The molecular weight excluding hydrogens is 422 g/mol. The normalized spacial score (nSPS) is 14.6. The number of aryl methyl sites for hydroxylation is 1. The molecule has 0 radical (unpaired) electrons. The molecule has 1 aliphatic heterocycles. The van der Waals surface area contributed by atoms with Gasteiger partial charge in [0.15, 0.2) is 11.5 Å². The van der Waals surface area contributed by atoms with E-state index in [9.17, 15) is 14.4 Å². The molecule has 0 saturated carbocycles. The Balaban J connectivity index is 1.76. The van der Waals surface area contributed by atoms with E-state index in [4.69, 9.17) is 21.1 Å². The van der Waals surface area contributed by atoms with Crippen molar-refractivity contribution in [3.8, 4) is 11.5 Å². The van der Waals surface area contributed by atoms with Gasteiger partial charge in [-0.05, 0) is 55.3 Å². The molecule has 0 aliphatic carbocycles. The molecular formula is C22H22ClN3O5. The largest absolute Gasteiger partial charge is 0.493 e. The van der Waals surface area contributed by atoms with Crippen molar-refractivity contribution in [2.75, 3.05) is 25.6 Å². The van der Waals surface area contributed by atoms with Crippen LogP contribution in [0.4, 0.5) is 10.5 Å². The van der Waals surface area contributed by atoms with Crippen LogP contribution < -0.4 is 20.1 Å². The van der Waals surface area contributed by atoms with Crippen LogP contribution in [0.5, 0.6) is 11.5 Å². The highest BCUT2D eigenvalue weighted by Crippen LogP contribution is 2.37. The van der Waals surface area contributed by atoms with E-state index in [2.05, 4.69) is 10.6 Å². The third-order valence-electron chi connectivity index (χ3n) is 4.42. The number of methoxy groups -OCH3 is 1. The molecule has 0 spiro atoms. The van der Waals surface area contributed by atoms with Gasteiger partial charge in [0.1, 0.15) is 12.2 Å². The SMILES string of the molecule is CCOc1c(Cl)cc(/C=C2\NC(=O)N(CC(=O)Nc3cccc(C)c3)C2=O)cc1OC. The van der Waals surface area contributed by atoms with Gasteiger partial charge in [-0.25, -0.2) is 9.69 Å². The zero-order chi connectivity index (χ0) is 22.5. The van der Waals surface area contributed by atoms with Gasteiger partial charge in [-0.1, -0.05) is 23.7 Å². The zero-order valence-corrected chi connectivity index (χ0v) is 18.1. The maximum Gasteiger partial charge on any atom is 0.329 e. The van der Waals surface area contributed by atoms with Crippen molar-refractivity contribution in [2.45, 2.75) is 13.8 Å². The molecule has 8 nitrogen and oxygen atoms in total. The summed E-state index contributed by atoms with van der Waals surface area (Å²) in [6.45, 7) is 3.71. The maximum absolute atomic E-state index is 12.7. The quantitative estimate of drug-likeness (QED) is 0.503. The molecule has 162 valence electrons. The van der Waals surface area contributed by atoms with Gasteiger partial charge in [-0.3, -0.25) is 9.59 Å². The number of benzene rings is 2. The van der Waals surface area contributed by atoms with Gasteiger partial charge in [0, 0.05) is 5.69 Å². The number of rotatable bonds is 7. The summed E-state index contributed by atoms with van der Waals surface area (Å²) >= 11 is 6.26. The molecule has 3 rings (SSSR count). The average molecular weight is 444 g/mol. The van der Waals surface area contributed by atoms with Crippen LogP contribution in [0, 0.1) is 6.92 Å². The maximum atomic E-state index is 12.7. The number of imide groups is 1. The molecule has 1 saturated heterocycles. The smallest absolute Gasteiger partial charge is 0.329 e. The minimum atomic E-state index is -0.681. The first kappa shape index (κ1) is 22.2. The number of carbonyl (C=O) groups is 3. The fraction of sp³-hybridized carbons (Fsp3) is 0.227. The fourth-order valence-electron chi connectivity index (χ4n) is 3.06. The monoisotopic (exact) mass is 443 g/mol. The number of amides is 4. The number of nitrogens with one attached hydrogen (secondary N) is 2. The first-order chi connectivity index (χ1) is 14.8. The standard InChI is InChI=1S/C22H22ClN3O5/c1-4-31-20-16(23)9-14(11-18(20)30-3)10-17-21(28)26(22(29)25-17)12-19(27)24-15-7-5-6-13(2)8-15/h5-11H,4,12H2,1-3H3,(H,24,27)(H,25,29)/b17-10-. The van der Waals surface area contributed by atoms with E-state index >= 15 is 0 Å². The molecule has 4 amide bonds. The Morgan fingerprint density at radius 2 is 2.03 bits per heavy atom. The molecule has 1 aliphatic rings. The van der Waals surface area contributed by atoms with Gasteiger partial charge in [-0.2, -0.15) is 0 Å². The zero-order valence-electron chi connectivity index (χ0n) is 17.3. The van der Waals surface area contributed by atoms with Crippen molar-refractivity contribution >= 4 is 41.2 Å². The number of hydrogen-bond acceptors (Lipinski definition) is 5. The minimum absolute atomic E-state index is 0.0237. The van der Waals surface area contributed by atoms with Crippen LogP contribution in [0.2, 0.25) is 5.02 Å². The molecule has 0 aromatic heterocycles. The van der Waals surface area contributed by atoms with Crippen LogP contribution >= 0.6 is 11.6 Å². The lowest BCUT2D eigenvalue weighted by molar-refractivity contribution is -0.127. The number of nitrogens with zero attached hydrogens (tertiary/aromatic N) is 1. The van der Waals surface area contributed by atoms with Crippen molar-refractivity contribution in [1.82, 2.24) is 10.2 Å². The fourth-order valence-corrected chi connectivity index (χ4v) is 3.33. The van der Waals surface area contributed by atoms with E-state index in [1.165, 1.54) is 13.2 Å². The van der Waals surface area contributed by atoms with Crippen molar-refractivity contribution < 1.29 is 23.9 Å². The second kappa shape index (κ2) is 9.53. The highest BCUT2D eigenvalue weighted by molar-refractivity contribution is 6.32. The molecule has 2 N–H and O–H groups in total. The lowest BCUT2D eigenvalue weighted by Crippen LogP contribution is -2.38. The Morgan fingerprint density at radius 3 is 2.71 bits per heavy atom. The molecule has 0 atom stereocenters. The van der Waals surface area contributed by atoms with Gasteiger partial charge in [0.2, 0.25) is 5.91 Å². The van der Waals surface area contributed by atoms with E-state index in [0.29, 0.717) is 34.4 Å². The van der Waals surface area contributed by atoms with Gasteiger partial charge < -0.3 is 20.1 Å². The summed E-state index contributed by atoms with van der Waals surface area (Å²) in [4.78, 5) is 38.1. The van der Waals surface area contributed by atoms with Gasteiger partial charge in [0.05, 0.1) is 18.7 Å². The van der Waals surface area contributed by atoms with E-state index < -0.39 is 24.4 Å². The summed E-state index contributed by atoms with van der Waals surface area (Å²) < 4.78 is 10.8. The number of urea groups is 1. The third-order valence-corrected chi connectivity index (χ3v) is 4.70. The van der Waals surface area contributed by atoms with Crippen LogP contribution in [0.1, 0.15) is 18.1 Å². The van der Waals surface area contributed by atoms with E-state index in [0.717, 1.165) is 10.5 Å². The Labute approximate surface area is 184 Å². The van der Waals surface area contributed by atoms with Crippen LogP contribution in [-0.4, -0.2) is 43.0 Å². The predicted molar refractivity (Wildman–Crippen MR) is 117 cm³/mol. The second-order valence-electron chi connectivity index (χ2n) is 6.76. The lowest BCUT2D eigenvalue weighted by atomic mass is 10.1. The summed E-state index contributed by atoms with van der Waals surface area (Å²) in [5.74, 6) is -0.313. The third kappa shape index (κ3) is 5.16. The van der Waals surface area contributed by atoms with Crippen LogP contribution in [-0.2, 0) is 9.59 Å². The van der Waals surface area contributed by atoms with Crippen LogP contribution in [0.15, 0.2) is 42.1 Å². The Morgan fingerprint density at radius 1 is 1.26 bits per heavy atom. The molecule has 1 fully saturated rings. The number of ether oxygens (including phenoxy) is 2. The van der Waals surface area contributed by atoms with Gasteiger partial charge in [0.25, 0.3) is 5.91 Å². The second-order valence-corrected chi connectivity index (χ2v) is 7.17. The summed E-state index contributed by atoms with van der Waals surface area (Å²) in [7, 11) is 1.47. The molecule has 31 heavy (non-hydrogen) atoms. The number of carbonyl (C=O) groups excluding carboxylic acids is 3. The van der Waals surface area contributed by atoms with E-state index in [-0.39, 0.29) is 5.70 Å². The number of hydrogen-bond donors (Lipinski definition) is 2. The Hall–Kier alpha value is -3.52. The van der Waals surface area contributed by atoms with Crippen molar-refractivity contribution in [1.29, 1.82) is 0 Å². The van der Waals surface area contributed by atoms with Crippen LogP contribution in [0.25, 0.3) is 6.08 Å². The first-order valence-corrected chi connectivity index (χ1v) is 9.91. The lowest BCUT2D eigenvalue weighted by Gasteiger charge is -2.12. The van der Waals surface area contributed by atoms with Gasteiger partial charge in [-0.15, -0.1) is 0 Å². The van der Waals surface area contributed by atoms with Gasteiger partial charge >= 0.3 is 6.03 Å². The van der Waals surface area contributed by atoms with E-state index in [1.807, 2.05) is 19.9 Å². The highest BCUT2D eigenvalue weighted by Gasteiger charge is 2.35. The molecule has 2 aromatic rings. The van der Waals surface area contributed by atoms with Crippen molar-refractivity contribution in [3.63, 3.8) is 0 Å². The molecule has 9 heteroatoms. The topological polar surface area (TPSA) is 97.0 Å². The summed E-state index contributed by atoms with van der Waals surface area (Å²) in [5, 5.41) is 5.46. The Kier molecular flexibility index (Phi) is 6.81. The van der Waals surface area contributed by atoms with Crippen molar-refractivity contribution in [2.24, 2.45) is 0 Å². The predicted octanol–water partition coefficient (Wildman–Crippen LogP) is 3.59. The molecule has 1 heterocycles. The summed E-state index contributed by atoms with van der Waals surface area (Å²) in [6, 6.07) is 9.76. The summed E-state index contributed by atoms with van der Waals surface area (Å²) in [5.41, 5.74) is 2.11. The first-order valence-electron chi connectivity index (χ1n) is 9.53. The molecule has 0 unspecified atom stereocenters. The summed E-state index contributed by atoms with van der Waals surface area (Å²) in [6.07, 6.45) is 1.46. The number of halogens is 1.